The highest BCUT2D eigenvalue weighted by molar-refractivity contribution is 5.91. The summed E-state index contributed by atoms with van der Waals surface area (Å²) in [7, 11) is 0. The van der Waals surface area contributed by atoms with Crippen molar-refractivity contribution < 1.29 is 9.53 Å². The second-order valence-electron chi connectivity index (χ2n) is 6.59. The Labute approximate surface area is 163 Å². The lowest BCUT2D eigenvalue weighted by atomic mass is 10.2. The van der Waals surface area contributed by atoms with E-state index in [9.17, 15) is 4.79 Å². The number of anilines is 2. The number of morpholine rings is 1. The van der Waals surface area contributed by atoms with Crippen LogP contribution in [0.1, 0.15) is 11.4 Å². The summed E-state index contributed by atoms with van der Waals surface area (Å²) in [6.45, 7) is 5.06. The summed E-state index contributed by atoms with van der Waals surface area (Å²) in [5.74, 6) is 0.352. The van der Waals surface area contributed by atoms with E-state index in [4.69, 9.17) is 4.74 Å². The van der Waals surface area contributed by atoms with Crippen LogP contribution in [0.15, 0.2) is 48.7 Å². The first kappa shape index (κ1) is 18.1. The molecule has 0 bridgehead atoms. The van der Waals surface area contributed by atoms with Gasteiger partial charge in [0.2, 0.25) is 5.91 Å². The molecule has 0 spiro atoms. The van der Waals surface area contributed by atoms with Gasteiger partial charge in [0.05, 0.1) is 48.6 Å². The molecule has 144 valence electrons. The molecule has 0 atom stereocenters. The molecule has 1 N–H and O–H groups in total. The molecule has 8 heteroatoms. The molecule has 0 aliphatic carbocycles. The van der Waals surface area contributed by atoms with Crippen molar-refractivity contribution in [2.75, 3.05) is 36.5 Å². The third-order valence-corrected chi connectivity index (χ3v) is 4.71. The largest absolute Gasteiger partial charge is 0.378 e. The number of aromatic nitrogens is 4. The predicted molar refractivity (Wildman–Crippen MR) is 106 cm³/mol. The first-order valence-corrected chi connectivity index (χ1v) is 9.26. The molecule has 0 unspecified atom stereocenters. The van der Waals surface area contributed by atoms with Crippen molar-refractivity contribution in [3.8, 4) is 5.69 Å². The Morgan fingerprint density at radius 1 is 1.11 bits per heavy atom. The van der Waals surface area contributed by atoms with E-state index in [1.54, 1.807) is 10.9 Å². The summed E-state index contributed by atoms with van der Waals surface area (Å²) in [6.07, 6.45) is 1.92. The standard InChI is InChI=1S/C20H22N6O2/c1-15-18(23-24-26(15)16-5-3-2-4-6-16)13-20(27)22-19-8-7-17(14-21-19)25-9-11-28-12-10-25/h2-8,14H,9-13H2,1H3,(H,21,22,27). The second kappa shape index (κ2) is 8.18. The summed E-state index contributed by atoms with van der Waals surface area (Å²) in [6, 6.07) is 13.5. The van der Waals surface area contributed by atoms with E-state index in [0.717, 1.165) is 43.4 Å². The Morgan fingerprint density at radius 3 is 2.61 bits per heavy atom. The van der Waals surface area contributed by atoms with Crippen molar-refractivity contribution in [2.24, 2.45) is 0 Å². The number of rotatable bonds is 5. The lowest BCUT2D eigenvalue weighted by Crippen LogP contribution is -2.36. The number of pyridine rings is 1. The maximum absolute atomic E-state index is 12.4. The topological polar surface area (TPSA) is 85.2 Å². The van der Waals surface area contributed by atoms with E-state index < -0.39 is 0 Å². The van der Waals surface area contributed by atoms with Gasteiger partial charge in [-0.2, -0.15) is 0 Å². The predicted octanol–water partition coefficient (Wildman–Crippen LogP) is 1.99. The molecule has 1 aliphatic rings. The van der Waals surface area contributed by atoms with Gasteiger partial charge in [-0.25, -0.2) is 9.67 Å². The van der Waals surface area contributed by atoms with E-state index in [-0.39, 0.29) is 12.3 Å². The van der Waals surface area contributed by atoms with Crippen molar-refractivity contribution in [1.29, 1.82) is 0 Å². The van der Waals surface area contributed by atoms with Crippen molar-refractivity contribution in [2.45, 2.75) is 13.3 Å². The third kappa shape index (κ3) is 4.01. The minimum absolute atomic E-state index is 0.144. The van der Waals surface area contributed by atoms with Crippen LogP contribution in [0.2, 0.25) is 0 Å². The molecule has 4 rings (SSSR count). The average Bonchev–Trinajstić information content (AvgIpc) is 3.10. The molecular formula is C20H22N6O2. The first-order chi connectivity index (χ1) is 13.7. The van der Waals surface area contributed by atoms with E-state index in [1.807, 2.05) is 49.4 Å². The molecule has 1 fully saturated rings. The monoisotopic (exact) mass is 378 g/mol. The van der Waals surface area contributed by atoms with E-state index in [1.165, 1.54) is 0 Å². The Bertz CT molecular complexity index is 933. The summed E-state index contributed by atoms with van der Waals surface area (Å²) in [5.41, 5.74) is 3.44. The average molecular weight is 378 g/mol. The second-order valence-corrected chi connectivity index (χ2v) is 6.59. The number of nitrogens with zero attached hydrogens (tertiary/aromatic N) is 5. The lowest BCUT2D eigenvalue weighted by molar-refractivity contribution is -0.115. The van der Waals surface area contributed by atoms with Crippen LogP contribution in [0.25, 0.3) is 5.69 Å². The van der Waals surface area contributed by atoms with Crippen molar-refractivity contribution in [1.82, 2.24) is 20.0 Å². The van der Waals surface area contributed by atoms with Gasteiger partial charge < -0.3 is 15.0 Å². The summed E-state index contributed by atoms with van der Waals surface area (Å²) in [4.78, 5) is 19.0. The maximum Gasteiger partial charge on any atom is 0.231 e. The SMILES string of the molecule is Cc1c(CC(=O)Nc2ccc(N3CCOCC3)cn2)nnn1-c1ccccc1. The van der Waals surface area contributed by atoms with Gasteiger partial charge in [-0.3, -0.25) is 4.79 Å². The fourth-order valence-electron chi connectivity index (χ4n) is 3.15. The number of carbonyl (C=O) groups is 1. The molecule has 1 amide bonds. The summed E-state index contributed by atoms with van der Waals surface area (Å²) >= 11 is 0. The molecular weight excluding hydrogens is 356 g/mol. The molecule has 3 heterocycles. The van der Waals surface area contributed by atoms with Crippen molar-refractivity contribution in [3.05, 3.63) is 60.0 Å². The highest BCUT2D eigenvalue weighted by atomic mass is 16.5. The molecule has 28 heavy (non-hydrogen) atoms. The Hall–Kier alpha value is -3.26. The molecule has 8 nitrogen and oxygen atoms in total. The Morgan fingerprint density at radius 2 is 1.89 bits per heavy atom. The van der Waals surface area contributed by atoms with Crippen LogP contribution in [0.5, 0.6) is 0 Å². The number of para-hydroxylation sites is 1. The Kier molecular flexibility index (Phi) is 5.29. The fraction of sp³-hybridized carbons (Fsp3) is 0.300. The van der Waals surface area contributed by atoms with Gasteiger partial charge in [0.25, 0.3) is 0 Å². The van der Waals surface area contributed by atoms with Gasteiger partial charge in [-0.05, 0) is 31.2 Å². The van der Waals surface area contributed by atoms with Crippen LogP contribution < -0.4 is 10.2 Å². The number of hydrogen-bond acceptors (Lipinski definition) is 6. The first-order valence-electron chi connectivity index (χ1n) is 9.26. The van der Waals surface area contributed by atoms with E-state index in [0.29, 0.717) is 11.5 Å². The highest BCUT2D eigenvalue weighted by Crippen LogP contribution is 2.17. The highest BCUT2D eigenvalue weighted by Gasteiger charge is 2.15. The van der Waals surface area contributed by atoms with Crippen LogP contribution >= 0.6 is 0 Å². The Balaban J connectivity index is 1.39. The van der Waals surface area contributed by atoms with Gasteiger partial charge in [-0.1, -0.05) is 23.4 Å². The van der Waals surface area contributed by atoms with Gasteiger partial charge in [-0.15, -0.1) is 5.10 Å². The summed E-state index contributed by atoms with van der Waals surface area (Å²) < 4.78 is 7.10. The van der Waals surface area contributed by atoms with Gasteiger partial charge >= 0.3 is 0 Å². The molecule has 1 saturated heterocycles. The quantitative estimate of drug-likeness (QED) is 0.731. The van der Waals surface area contributed by atoms with Crippen LogP contribution in [0.4, 0.5) is 11.5 Å². The molecule has 0 radical (unpaired) electrons. The fourth-order valence-corrected chi connectivity index (χ4v) is 3.15. The van der Waals surface area contributed by atoms with Crippen LogP contribution in [-0.4, -0.2) is 52.2 Å². The summed E-state index contributed by atoms with van der Waals surface area (Å²) in [5, 5.41) is 11.2. The lowest BCUT2D eigenvalue weighted by Gasteiger charge is -2.28. The minimum atomic E-state index is -0.171. The van der Waals surface area contributed by atoms with Gasteiger partial charge in [0, 0.05) is 13.1 Å². The number of benzene rings is 1. The molecule has 3 aromatic rings. The molecule has 1 aliphatic heterocycles. The van der Waals surface area contributed by atoms with Crippen LogP contribution in [0.3, 0.4) is 0 Å². The van der Waals surface area contributed by atoms with Crippen molar-refractivity contribution in [3.63, 3.8) is 0 Å². The zero-order valence-corrected chi connectivity index (χ0v) is 15.7. The van der Waals surface area contributed by atoms with Crippen LogP contribution in [0, 0.1) is 6.92 Å². The number of amides is 1. The zero-order chi connectivity index (χ0) is 19.3. The molecule has 0 saturated carbocycles. The van der Waals surface area contributed by atoms with Gasteiger partial charge in [0.1, 0.15) is 5.82 Å². The number of nitrogens with one attached hydrogen (secondary N) is 1. The number of ether oxygens (including phenoxy) is 1. The molecule has 2 aromatic heterocycles. The third-order valence-electron chi connectivity index (χ3n) is 4.71. The number of carbonyl (C=O) groups excluding carboxylic acids is 1. The van der Waals surface area contributed by atoms with E-state index in [2.05, 4.69) is 25.5 Å². The number of hydrogen-bond donors (Lipinski definition) is 1. The smallest absolute Gasteiger partial charge is 0.231 e. The van der Waals surface area contributed by atoms with Crippen molar-refractivity contribution >= 4 is 17.4 Å². The van der Waals surface area contributed by atoms with E-state index >= 15 is 0 Å². The normalized spacial score (nSPS) is 14.1. The minimum Gasteiger partial charge on any atom is -0.378 e. The van der Waals surface area contributed by atoms with Gasteiger partial charge in [0.15, 0.2) is 0 Å². The van der Waals surface area contributed by atoms with Crippen LogP contribution in [-0.2, 0) is 16.0 Å². The maximum atomic E-state index is 12.4. The zero-order valence-electron chi connectivity index (χ0n) is 15.7. The molecule has 1 aromatic carbocycles.